The summed E-state index contributed by atoms with van der Waals surface area (Å²) >= 11 is 3.26. The van der Waals surface area contributed by atoms with Gasteiger partial charge in [-0.25, -0.2) is 0 Å². The molecule has 5 nitrogen and oxygen atoms in total. The summed E-state index contributed by atoms with van der Waals surface area (Å²) in [5.41, 5.74) is -0.291. The summed E-state index contributed by atoms with van der Waals surface area (Å²) in [5.74, 6) is 0.00881. The number of hydrogen-bond donors (Lipinski definition) is 1. The number of halogens is 1. The van der Waals surface area contributed by atoms with Crippen LogP contribution in [0.15, 0.2) is 4.47 Å². The normalized spacial score (nSPS) is 19.5. The van der Waals surface area contributed by atoms with Crippen LogP contribution in [0.3, 0.4) is 0 Å². The van der Waals surface area contributed by atoms with E-state index in [0.717, 1.165) is 32.1 Å². The Morgan fingerprint density at radius 2 is 2.00 bits per heavy atom. The van der Waals surface area contributed by atoms with Crippen molar-refractivity contribution in [1.29, 1.82) is 0 Å². The molecule has 0 unspecified atom stereocenters. The Bertz CT molecular complexity index is 647. The predicted octanol–water partition coefficient (Wildman–Crippen LogP) is 3.64. The highest BCUT2D eigenvalue weighted by Crippen LogP contribution is 2.52. The molecule has 1 spiro atoms. The number of aldehydes is 1. The molecule has 1 aromatic carbocycles. The van der Waals surface area contributed by atoms with Crippen LogP contribution in [-0.2, 0) is 0 Å². The number of ether oxygens (including phenoxy) is 2. The van der Waals surface area contributed by atoms with E-state index in [1.54, 1.807) is 0 Å². The zero-order valence-electron chi connectivity index (χ0n) is 12.3. The van der Waals surface area contributed by atoms with Gasteiger partial charge in [-0.05, 0) is 41.6 Å². The molecule has 6 heteroatoms. The monoisotopic (exact) mass is 368 g/mol. The van der Waals surface area contributed by atoms with Crippen LogP contribution >= 0.6 is 15.9 Å². The molecule has 22 heavy (non-hydrogen) atoms. The van der Waals surface area contributed by atoms with Crippen LogP contribution < -0.4 is 9.47 Å². The Labute approximate surface area is 136 Å². The minimum Gasteiger partial charge on any atom is -0.506 e. The van der Waals surface area contributed by atoms with E-state index in [1.165, 1.54) is 7.11 Å². The van der Waals surface area contributed by atoms with Gasteiger partial charge in [0.25, 0.3) is 0 Å². The molecule has 0 amide bonds. The second kappa shape index (κ2) is 5.57. The van der Waals surface area contributed by atoms with Crippen molar-refractivity contribution in [2.45, 2.75) is 44.1 Å². The molecule has 0 saturated heterocycles. The lowest BCUT2D eigenvalue weighted by molar-refractivity contribution is 0.0123. The summed E-state index contributed by atoms with van der Waals surface area (Å²) < 4.78 is 11.6. The van der Waals surface area contributed by atoms with Crippen molar-refractivity contribution in [2.24, 2.45) is 0 Å². The Balaban J connectivity index is 2.19. The van der Waals surface area contributed by atoms with Crippen LogP contribution in [-0.4, -0.2) is 29.9 Å². The first kappa shape index (κ1) is 15.3. The zero-order valence-corrected chi connectivity index (χ0v) is 13.9. The second-order valence-electron chi connectivity index (χ2n) is 5.88. The molecule has 1 N–H and O–H groups in total. The van der Waals surface area contributed by atoms with Crippen LogP contribution in [0, 0.1) is 0 Å². The van der Waals surface area contributed by atoms with Crippen LogP contribution in [0.1, 0.15) is 59.2 Å². The summed E-state index contributed by atoms with van der Waals surface area (Å²) in [4.78, 5) is 23.9. The number of rotatable bonds is 2. The maximum absolute atomic E-state index is 12.7. The highest BCUT2D eigenvalue weighted by Gasteiger charge is 2.44. The van der Waals surface area contributed by atoms with E-state index in [-0.39, 0.29) is 45.1 Å². The fourth-order valence-electron chi connectivity index (χ4n) is 3.46. The summed E-state index contributed by atoms with van der Waals surface area (Å²) in [5, 5.41) is 10.2. The van der Waals surface area contributed by atoms with Gasteiger partial charge in [0.05, 0.1) is 13.5 Å². The zero-order chi connectivity index (χ0) is 15.9. The Hall–Kier alpha value is -1.56. The van der Waals surface area contributed by atoms with Crippen LogP contribution in [0.5, 0.6) is 17.2 Å². The molecule has 0 atom stereocenters. The lowest BCUT2D eigenvalue weighted by Gasteiger charge is -2.41. The molecule has 0 bridgehead atoms. The Morgan fingerprint density at radius 1 is 1.32 bits per heavy atom. The number of phenols is 1. The molecule has 1 aromatic rings. The van der Waals surface area contributed by atoms with Gasteiger partial charge in [-0.1, -0.05) is 6.42 Å². The smallest absolute Gasteiger partial charge is 0.174 e. The van der Waals surface area contributed by atoms with Gasteiger partial charge in [0.15, 0.2) is 17.8 Å². The highest BCUT2D eigenvalue weighted by molar-refractivity contribution is 9.10. The van der Waals surface area contributed by atoms with Gasteiger partial charge >= 0.3 is 0 Å². The average molecular weight is 369 g/mol. The van der Waals surface area contributed by atoms with Crippen molar-refractivity contribution in [3.8, 4) is 17.2 Å². The standard InChI is InChI=1S/C16H17BrO5/c1-21-14-9(8-18)13(20)12(17)15-11(14)10(19)7-16(22-15)5-3-2-4-6-16/h8,20H,2-7H2,1H3. The van der Waals surface area contributed by atoms with E-state index in [4.69, 9.17) is 9.47 Å². The van der Waals surface area contributed by atoms with Gasteiger partial charge in [0.2, 0.25) is 0 Å². The molecule has 1 heterocycles. The molecule has 3 rings (SSSR count). The van der Waals surface area contributed by atoms with Crippen LogP contribution in [0.2, 0.25) is 0 Å². The van der Waals surface area contributed by atoms with Crippen molar-refractivity contribution in [2.75, 3.05) is 7.11 Å². The van der Waals surface area contributed by atoms with Crippen LogP contribution in [0.25, 0.3) is 0 Å². The molecular weight excluding hydrogens is 352 g/mol. The van der Waals surface area contributed by atoms with Gasteiger partial charge in [-0.15, -0.1) is 0 Å². The van der Waals surface area contributed by atoms with E-state index in [0.29, 0.717) is 6.29 Å². The van der Waals surface area contributed by atoms with E-state index in [2.05, 4.69) is 15.9 Å². The van der Waals surface area contributed by atoms with Gasteiger partial charge in [-0.3, -0.25) is 9.59 Å². The lowest BCUT2D eigenvalue weighted by Crippen LogP contribution is -2.43. The molecule has 0 aromatic heterocycles. The van der Waals surface area contributed by atoms with E-state index < -0.39 is 5.60 Å². The number of hydrogen-bond acceptors (Lipinski definition) is 5. The van der Waals surface area contributed by atoms with Crippen molar-refractivity contribution in [3.05, 3.63) is 15.6 Å². The predicted molar refractivity (Wildman–Crippen MR) is 83.1 cm³/mol. The largest absolute Gasteiger partial charge is 0.506 e. The molecule has 1 fully saturated rings. The van der Waals surface area contributed by atoms with E-state index in [9.17, 15) is 14.7 Å². The molecule has 1 aliphatic carbocycles. The third-order valence-electron chi connectivity index (χ3n) is 4.53. The third-order valence-corrected chi connectivity index (χ3v) is 5.26. The highest BCUT2D eigenvalue weighted by atomic mass is 79.9. The molecule has 1 saturated carbocycles. The SMILES string of the molecule is COc1c(C=O)c(O)c(Br)c2c1C(=O)CC1(CCCCC1)O2. The minimum absolute atomic E-state index is 0.0373. The quantitative estimate of drug-likeness (QED) is 0.806. The molecule has 2 aliphatic rings. The molecular formula is C16H17BrO5. The topological polar surface area (TPSA) is 72.8 Å². The first-order chi connectivity index (χ1) is 10.5. The number of aromatic hydroxyl groups is 1. The van der Waals surface area contributed by atoms with Crippen molar-refractivity contribution >= 4 is 28.0 Å². The first-order valence-corrected chi connectivity index (χ1v) is 8.12. The summed E-state index contributed by atoms with van der Waals surface area (Å²) in [6.07, 6.45) is 5.60. The third kappa shape index (κ3) is 2.20. The van der Waals surface area contributed by atoms with Gasteiger partial charge < -0.3 is 14.6 Å². The lowest BCUT2D eigenvalue weighted by atomic mass is 9.78. The number of ketones is 1. The molecule has 118 valence electrons. The number of Topliss-reactive ketones (excluding diaryl/α,β-unsaturated/α-hetero) is 1. The molecule has 0 radical (unpaired) electrons. The minimum atomic E-state index is -0.495. The number of fused-ring (bicyclic) bond motifs is 1. The number of methoxy groups -OCH3 is 1. The Kier molecular flexibility index (Phi) is 3.89. The fraction of sp³-hybridized carbons (Fsp3) is 0.500. The van der Waals surface area contributed by atoms with Gasteiger partial charge in [0, 0.05) is 0 Å². The van der Waals surface area contributed by atoms with Crippen molar-refractivity contribution in [1.82, 2.24) is 0 Å². The number of carbonyl (C=O) groups excluding carboxylic acids is 2. The summed E-state index contributed by atoms with van der Waals surface area (Å²) in [7, 11) is 1.37. The Morgan fingerprint density at radius 3 is 2.59 bits per heavy atom. The maximum Gasteiger partial charge on any atom is 0.174 e. The van der Waals surface area contributed by atoms with Crippen molar-refractivity contribution < 1.29 is 24.2 Å². The number of phenolic OH excluding ortho intramolecular Hbond substituents is 1. The first-order valence-electron chi connectivity index (χ1n) is 7.33. The number of carbonyl (C=O) groups is 2. The van der Waals surface area contributed by atoms with E-state index in [1.807, 2.05) is 0 Å². The van der Waals surface area contributed by atoms with Gasteiger partial charge in [0.1, 0.15) is 32.7 Å². The fourth-order valence-corrected chi connectivity index (χ4v) is 3.95. The second-order valence-corrected chi connectivity index (χ2v) is 6.67. The van der Waals surface area contributed by atoms with Gasteiger partial charge in [-0.2, -0.15) is 0 Å². The number of benzene rings is 1. The average Bonchev–Trinajstić information content (AvgIpc) is 2.51. The summed E-state index contributed by atoms with van der Waals surface area (Å²) in [6.45, 7) is 0. The van der Waals surface area contributed by atoms with Crippen LogP contribution in [0.4, 0.5) is 0 Å². The van der Waals surface area contributed by atoms with Crippen molar-refractivity contribution in [3.63, 3.8) is 0 Å². The molecule has 1 aliphatic heterocycles. The summed E-state index contributed by atoms with van der Waals surface area (Å²) in [6, 6.07) is 0. The van der Waals surface area contributed by atoms with E-state index >= 15 is 0 Å². The maximum atomic E-state index is 12.7.